The molecule has 1 amide bonds. The van der Waals surface area contributed by atoms with Gasteiger partial charge in [-0.25, -0.2) is 14.6 Å². The third-order valence-electron chi connectivity index (χ3n) is 4.85. The SMILES string of the molecule is C[C@H](Cc1ccc2c(c1)OCCn1cc(-c3ncnn3CC(F)(F)F)nc1-2)C(N)=O. The first-order valence-corrected chi connectivity index (χ1v) is 9.29. The standard InChI is InChI=1S/C19H19F3N6O2/c1-11(16(23)29)6-12-2-3-13-15(7-12)30-5-4-27-8-14(26-17(13)27)18-24-10-25-28(18)9-19(20,21)22/h2-3,7-8,10-11H,4-6,9H2,1H3,(H2,23,29)/t11-/m1/s1. The molecule has 0 bridgehead atoms. The molecule has 0 saturated heterocycles. The summed E-state index contributed by atoms with van der Waals surface area (Å²) in [6, 6.07) is 5.52. The number of imidazole rings is 1. The van der Waals surface area contributed by atoms with Gasteiger partial charge in [0, 0.05) is 12.1 Å². The number of rotatable bonds is 5. The summed E-state index contributed by atoms with van der Waals surface area (Å²) in [5.74, 6) is 0.504. The monoisotopic (exact) mass is 420 g/mol. The number of benzene rings is 1. The molecule has 30 heavy (non-hydrogen) atoms. The molecule has 2 N–H and O–H groups in total. The van der Waals surface area contributed by atoms with E-state index in [-0.39, 0.29) is 17.6 Å². The first-order chi connectivity index (χ1) is 14.2. The molecule has 1 aromatic carbocycles. The van der Waals surface area contributed by atoms with Crippen LogP contribution in [0.25, 0.3) is 22.9 Å². The Bertz CT molecular complexity index is 1090. The average Bonchev–Trinajstić information content (AvgIpc) is 3.23. The van der Waals surface area contributed by atoms with Crippen LogP contribution in [0.2, 0.25) is 0 Å². The van der Waals surface area contributed by atoms with Crippen molar-refractivity contribution in [2.75, 3.05) is 6.61 Å². The Hall–Kier alpha value is -3.37. The molecule has 0 radical (unpaired) electrons. The molecule has 4 rings (SSSR count). The van der Waals surface area contributed by atoms with Crippen LogP contribution < -0.4 is 10.5 Å². The van der Waals surface area contributed by atoms with Gasteiger partial charge in [0.05, 0.1) is 12.1 Å². The molecule has 0 unspecified atom stereocenters. The molecular weight excluding hydrogens is 401 g/mol. The van der Waals surface area contributed by atoms with Crippen molar-refractivity contribution in [2.24, 2.45) is 11.7 Å². The van der Waals surface area contributed by atoms with Crippen molar-refractivity contribution in [2.45, 2.75) is 32.6 Å². The zero-order valence-corrected chi connectivity index (χ0v) is 16.1. The quantitative estimate of drug-likeness (QED) is 0.683. The van der Waals surface area contributed by atoms with E-state index in [1.165, 1.54) is 0 Å². The lowest BCUT2D eigenvalue weighted by Gasteiger charge is -2.11. The fraction of sp³-hybridized carbons (Fsp3) is 0.368. The third kappa shape index (κ3) is 4.00. The van der Waals surface area contributed by atoms with E-state index in [0.29, 0.717) is 42.4 Å². The minimum atomic E-state index is -4.42. The molecule has 0 spiro atoms. The molecule has 8 nitrogen and oxygen atoms in total. The van der Waals surface area contributed by atoms with E-state index in [1.54, 1.807) is 13.1 Å². The zero-order valence-electron chi connectivity index (χ0n) is 16.1. The van der Waals surface area contributed by atoms with Gasteiger partial charge in [0.1, 0.15) is 36.7 Å². The van der Waals surface area contributed by atoms with Crippen molar-refractivity contribution in [3.63, 3.8) is 0 Å². The van der Waals surface area contributed by atoms with E-state index in [4.69, 9.17) is 10.5 Å². The van der Waals surface area contributed by atoms with E-state index in [0.717, 1.165) is 16.6 Å². The molecule has 158 valence electrons. The number of amides is 1. The summed E-state index contributed by atoms with van der Waals surface area (Å²) >= 11 is 0. The van der Waals surface area contributed by atoms with Gasteiger partial charge >= 0.3 is 6.18 Å². The number of carbonyl (C=O) groups is 1. The molecule has 0 aliphatic carbocycles. The van der Waals surface area contributed by atoms with Crippen LogP contribution in [0.5, 0.6) is 5.75 Å². The first kappa shape index (κ1) is 19.9. The molecule has 1 aliphatic heterocycles. The molecule has 0 saturated carbocycles. The Morgan fingerprint density at radius 2 is 2.13 bits per heavy atom. The van der Waals surface area contributed by atoms with Crippen molar-refractivity contribution >= 4 is 5.91 Å². The van der Waals surface area contributed by atoms with Crippen molar-refractivity contribution in [3.8, 4) is 28.7 Å². The maximum Gasteiger partial charge on any atom is 0.408 e. The van der Waals surface area contributed by atoms with E-state index < -0.39 is 12.7 Å². The maximum absolute atomic E-state index is 12.8. The average molecular weight is 420 g/mol. The Balaban J connectivity index is 1.69. The summed E-state index contributed by atoms with van der Waals surface area (Å²) in [5.41, 5.74) is 7.24. The van der Waals surface area contributed by atoms with Crippen LogP contribution in [-0.4, -0.2) is 43.0 Å². The summed E-state index contributed by atoms with van der Waals surface area (Å²) in [6.07, 6.45) is -1.22. The zero-order chi connectivity index (χ0) is 21.5. The predicted molar refractivity (Wildman–Crippen MR) is 100 cm³/mol. The second-order valence-electron chi connectivity index (χ2n) is 7.19. The fourth-order valence-corrected chi connectivity index (χ4v) is 3.36. The molecular formula is C19H19F3N6O2. The topological polar surface area (TPSA) is 101 Å². The Morgan fingerprint density at radius 1 is 1.33 bits per heavy atom. The number of nitrogens with two attached hydrogens (primary N) is 1. The highest BCUT2D eigenvalue weighted by molar-refractivity contribution is 5.76. The molecule has 0 fully saturated rings. The Kier molecular flexibility index (Phi) is 4.96. The maximum atomic E-state index is 12.8. The number of hydrogen-bond donors (Lipinski definition) is 1. The van der Waals surface area contributed by atoms with E-state index in [9.17, 15) is 18.0 Å². The number of halogens is 3. The summed E-state index contributed by atoms with van der Waals surface area (Å²) in [4.78, 5) is 19.8. The van der Waals surface area contributed by atoms with Crippen LogP contribution >= 0.6 is 0 Å². The largest absolute Gasteiger partial charge is 0.491 e. The highest BCUT2D eigenvalue weighted by atomic mass is 19.4. The van der Waals surface area contributed by atoms with E-state index in [1.807, 2.05) is 22.8 Å². The van der Waals surface area contributed by atoms with Crippen molar-refractivity contribution in [1.82, 2.24) is 24.3 Å². The second kappa shape index (κ2) is 7.47. The molecule has 1 aliphatic rings. The first-order valence-electron chi connectivity index (χ1n) is 9.29. The number of alkyl halides is 3. The highest BCUT2D eigenvalue weighted by Gasteiger charge is 2.31. The van der Waals surface area contributed by atoms with Gasteiger partial charge < -0.3 is 15.0 Å². The minimum Gasteiger partial charge on any atom is -0.491 e. The van der Waals surface area contributed by atoms with Crippen LogP contribution in [0, 0.1) is 5.92 Å². The van der Waals surface area contributed by atoms with Gasteiger partial charge in [0.2, 0.25) is 5.91 Å². The number of fused-ring (bicyclic) bond motifs is 3. The van der Waals surface area contributed by atoms with Gasteiger partial charge in [-0.15, -0.1) is 0 Å². The van der Waals surface area contributed by atoms with Gasteiger partial charge in [0.15, 0.2) is 5.82 Å². The number of carbonyl (C=O) groups excluding carboxylic acids is 1. The summed E-state index contributed by atoms with van der Waals surface area (Å²) < 4.78 is 46.9. The molecule has 11 heteroatoms. The Labute approximate surface area is 169 Å². The molecule has 3 heterocycles. The summed E-state index contributed by atoms with van der Waals surface area (Å²) in [6.45, 7) is 1.34. The lowest BCUT2D eigenvalue weighted by Crippen LogP contribution is -2.22. The van der Waals surface area contributed by atoms with Crippen molar-refractivity contribution < 1.29 is 22.7 Å². The van der Waals surface area contributed by atoms with Crippen LogP contribution in [0.4, 0.5) is 13.2 Å². The number of aromatic nitrogens is 5. The van der Waals surface area contributed by atoms with Crippen LogP contribution in [0.1, 0.15) is 12.5 Å². The third-order valence-corrected chi connectivity index (χ3v) is 4.85. The van der Waals surface area contributed by atoms with Gasteiger partial charge in [-0.2, -0.15) is 18.3 Å². The number of hydrogen-bond acceptors (Lipinski definition) is 5. The highest BCUT2D eigenvalue weighted by Crippen LogP contribution is 2.35. The predicted octanol–water partition coefficient (Wildman–Crippen LogP) is 2.43. The lowest BCUT2D eigenvalue weighted by atomic mass is 9.99. The summed E-state index contributed by atoms with van der Waals surface area (Å²) in [5, 5.41) is 3.67. The lowest BCUT2D eigenvalue weighted by molar-refractivity contribution is -0.142. The van der Waals surface area contributed by atoms with Crippen LogP contribution in [-0.2, 0) is 24.3 Å². The van der Waals surface area contributed by atoms with E-state index in [2.05, 4.69) is 15.1 Å². The van der Waals surface area contributed by atoms with Gasteiger partial charge in [0.25, 0.3) is 0 Å². The smallest absolute Gasteiger partial charge is 0.408 e. The molecule has 3 aromatic rings. The molecule has 1 atom stereocenters. The van der Waals surface area contributed by atoms with E-state index >= 15 is 0 Å². The van der Waals surface area contributed by atoms with Crippen molar-refractivity contribution in [1.29, 1.82) is 0 Å². The fourth-order valence-electron chi connectivity index (χ4n) is 3.36. The van der Waals surface area contributed by atoms with Gasteiger partial charge in [-0.3, -0.25) is 4.79 Å². The van der Waals surface area contributed by atoms with Crippen LogP contribution in [0.15, 0.2) is 30.7 Å². The van der Waals surface area contributed by atoms with Gasteiger partial charge in [-0.1, -0.05) is 13.0 Å². The number of ether oxygens (including phenoxy) is 1. The molecule has 2 aromatic heterocycles. The number of primary amides is 1. The van der Waals surface area contributed by atoms with Crippen molar-refractivity contribution in [3.05, 3.63) is 36.3 Å². The van der Waals surface area contributed by atoms with Gasteiger partial charge in [-0.05, 0) is 24.1 Å². The minimum absolute atomic E-state index is 0.0438. The summed E-state index contributed by atoms with van der Waals surface area (Å²) in [7, 11) is 0. The Morgan fingerprint density at radius 3 is 2.87 bits per heavy atom. The normalized spacial score (nSPS) is 14.4. The second-order valence-corrected chi connectivity index (χ2v) is 7.19. The van der Waals surface area contributed by atoms with Crippen LogP contribution in [0.3, 0.4) is 0 Å². The number of nitrogens with zero attached hydrogens (tertiary/aromatic N) is 5.